The zero-order chi connectivity index (χ0) is 12.3. The minimum Gasteiger partial charge on any atom is -0.396 e. The van der Waals surface area contributed by atoms with Crippen molar-refractivity contribution in [2.45, 2.75) is 25.3 Å². The van der Waals surface area contributed by atoms with Crippen LogP contribution in [0.5, 0.6) is 0 Å². The largest absolute Gasteiger partial charge is 0.396 e. The molecule has 1 atom stereocenters. The number of halogens is 2. The van der Waals surface area contributed by atoms with E-state index in [1.165, 1.54) is 12.1 Å². The second-order valence-corrected chi connectivity index (χ2v) is 4.47. The first-order chi connectivity index (χ1) is 8.20. The van der Waals surface area contributed by atoms with Crippen molar-refractivity contribution in [2.24, 2.45) is 0 Å². The molecular weight excluding hydrogens is 224 g/mol. The van der Waals surface area contributed by atoms with Crippen molar-refractivity contribution in [1.82, 2.24) is 4.90 Å². The van der Waals surface area contributed by atoms with E-state index in [9.17, 15) is 8.78 Å². The molecule has 0 saturated carbocycles. The lowest BCUT2D eigenvalue weighted by Gasteiger charge is -2.24. The van der Waals surface area contributed by atoms with E-state index in [-0.39, 0.29) is 12.6 Å². The van der Waals surface area contributed by atoms with E-state index < -0.39 is 11.6 Å². The van der Waals surface area contributed by atoms with E-state index in [4.69, 9.17) is 5.11 Å². The van der Waals surface area contributed by atoms with Gasteiger partial charge >= 0.3 is 0 Å². The number of rotatable bonds is 4. The molecule has 1 aliphatic rings. The molecule has 0 radical (unpaired) electrons. The summed E-state index contributed by atoms with van der Waals surface area (Å²) in [7, 11) is 0. The van der Waals surface area contributed by atoms with Gasteiger partial charge in [0, 0.05) is 25.3 Å². The van der Waals surface area contributed by atoms with Gasteiger partial charge in [0.05, 0.1) is 0 Å². The summed E-state index contributed by atoms with van der Waals surface area (Å²) in [6.45, 7) is 1.86. The third-order valence-electron chi connectivity index (χ3n) is 3.24. The van der Waals surface area contributed by atoms with Crippen LogP contribution in [0.2, 0.25) is 0 Å². The van der Waals surface area contributed by atoms with Crippen LogP contribution in [-0.2, 0) is 0 Å². The van der Waals surface area contributed by atoms with Gasteiger partial charge in [-0.25, -0.2) is 8.78 Å². The molecule has 2 nitrogen and oxygen atoms in total. The fourth-order valence-electron chi connectivity index (χ4n) is 2.51. The predicted molar refractivity (Wildman–Crippen MR) is 61.6 cm³/mol. The molecule has 2 rings (SSSR count). The van der Waals surface area contributed by atoms with Crippen molar-refractivity contribution in [3.8, 4) is 0 Å². The molecule has 1 N–H and O–H groups in total. The smallest absolute Gasteiger partial charge is 0.126 e. The van der Waals surface area contributed by atoms with Crippen LogP contribution in [-0.4, -0.2) is 29.7 Å². The Kier molecular flexibility index (Phi) is 4.07. The van der Waals surface area contributed by atoms with Gasteiger partial charge in [0.15, 0.2) is 0 Å². The second kappa shape index (κ2) is 5.56. The fraction of sp³-hybridized carbons (Fsp3) is 0.538. The van der Waals surface area contributed by atoms with Crippen molar-refractivity contribution >= 4 is 0 Å². The van der Waals surface area contributed by atoms with E-state index in [0.717, 1.165) is 32.0 Å². The summed E-state index contributed by atoms with van der Waals surface area (Å²) >= 11 is 0. The lowest BCUT2D eigenvalue weighted by Crippen LogP contribution is -2.25. The molecule has 0 spiro atoms. The first kappa shape index (κ1) is 12.5. The van der Waals surface area contributed by atoms with Gasteiger partial charge in [-0.15, -0.1) is 0 Å². The van der Waals surface area contributed by atoms with E-state index in [0.29, 0.717) is 12.0 Å². The molecule has 1 aromatic carbocycles. The van der Waals surface area contributed by atoms with Gasteiger partial charge in [-0.1, -0.05) is 0 Å². The molecule has 1 heterocycles. The van der Waals surface area contributed by atoms with Gasteiger partial charge in [0.25, 0.3) is 0 Å². The lowest BCUT2D eigenvalue weighted by atomic mass is 10.0. The molecule has 0 aromatic heterocycles. The summed E-state index contributed by atoms with van der Waals surface area (Å²) in [5.74, 6) is -1.04. The van der Waals surface area contributed by atoms with Gasteiger partial charge < -0.3 is 5.11 Å². The van der Waals surface area contributed by atoms with Crippen molar-refractivity contribution < 1.29 is 13.9 Å². The second-order valence-electron chi connectivity index (χ2n) is 4.47. The number of likely N-dealkylation sites (tertiary alicyclic amines) is 1. The monoisotopic (exact) mass is 241 g/mol. The SMILES string of the molecule is OCCCN1CCC[C@@H]1c1cc(F)cc(F)c1. The number of hydrogen-bond donors (Lipinski definition) is 1. The van der Waals surface area contributed by atoms with Gasteiger partial charge in [-0.05, 0) is 43.5 Å². The first-order valence-corrected chi connectivity index (χ1v) is 6.01. The standard InChI is InChI=1S/C13H17F2NO/c14-11-7-10(8-12(15)9-11)13-3-1-4-16(13)5-2-6-17/h7-9,13,17H,1-6H2/t13-/m1/s1. The fourth-order valence-corrected chi connectivity index (χ4v) is 2.51. The molecule has 0 bridgehead atoms. The van der Waals surface area contributed by atoms with Gasteiger partial charge in [0.2, 0.25) is 0 Å². The maximum Gasteiger partial charge on any atom is 0.126 e. The third kappa shape index (κ3) is 3.01. The van der Waals surface area contributed by atoms with Crippen molar-refractivity contribution in [1.29, 1.82) is 0 Å². The summed E-state index contributed by atoms with van der Waals surface area (Å²) in [6, 6.07) is 3.80. The van der Waals surface area contributed by atoms with Crippen molar-refractivity contribution in [3.05, 3.63) is 35.4 Å². The number of aliphatic hydroxyl groups is 1. The van der Waals surface area contributed by atoms with E-state index in [1.54, 1.807) is 0 Å². The zero-order valence-electron chi connectivity index (χ0n) is 9.70. The van der Waals surface area contributed by atoms with Crippen LogP contribution in [0.25, 0.3) is 0 Å². The zero-order valence-corrected chi connectivity index (χ0v) is 9.70. The summed E-state index contributed by atoms with van der Waals surface area (Å²) in [5.41, 5.74) is 0.706. The summed E-state index contributed by atoms with van der Waals surface area (Å²) in [5, 5.41) is 8.82. The molecule has 0 amide bonds. The highest BCUT2D eigenvalue weighted by molar-refractivity contribution is 5.22. The van der Waals surface area contributed by atoms with Crippen LogP contribution >= 0.6 is 0 Å². The van der Waals surface area contributed by atoms with Crippen molar-refractivity contribution in [3.63, 3.8) is 0 Å². The summed E-state index contributed by atoms with van der Waals surface area (Å²) < 4.78 is 26.3. The highest BCUT2D eigenvalue weighted by atomic mass is 19.1. The Morgan fingerprint density at radius 2 is 1.94 bits per heavy atom. The minimum atomic E-state index is -0.519. The predicted octanol–water partition coefficient (Wildman–Crippen LogP) is 2.48. The van der Waals surface area contributed by atoms with Crippen LogP contribution in [0, 0.1) is 11.6 Å². The normalized spacial score (nSPS) is 21.0. The Hall–Kier alpha value is -1.00. The maximum absolute atomic E-state index is 13.2. The maximum atomic E-state index is 13.2. The average Bonchev–Trinajstić information content (AvgIpc) is 2.73. The molecule has 1 aliphatic heterocycles. The highest BCUT2D eigenvalue weighted by Gasteiger charge is 2.26. The van der Waals surface area contributed by atoms with E-state index in [2.05, 4.69) is 4.90 Å². The van der Waals surface area contributed by atoms with Crippen LogP contribution in [0.15, 0.2) is 18.2 Å². The Morgan fingerprint density at radius 3 is 2.59 bits per heavy atom. The Balaban J connectivity index is 2.14. The highest BCUT2D eigenvalue weighted by Crippen LogP contribution is 2.32. The first-order valence-electron chi connectivity index (χ1n) is 6.01. The molecule has 0 aliphatic carbocycles. The Bertz CT molecular complexity index is 363. The van der Waals surface area contributed by atoms with Crippen LogP contribution in [0.1, 0.15) is 30.9 Å². The number of benzene rings is 1. The Morgan fingerprint density at radius 1 is 1.24 bits per heavy atom. The molecule has 1 aromatic rings. The molecule has 4 heteroatoms. The van der Waals surface area contributed by atoms with Gasteiger partial charge in [0.1, 0.15) is 11.6 Å². The molecular formula is C13H17F2NO. The lowest BCUT2D eigenvalue weighted by molar-refractivity contribution is 0.213. The van der Waals surface area contributed by atoms with Crippen LogP contribution < -0.4 is 0 Å². The number of nitrogens with zero attached hydrogens (tertiary/aromatic N) is 1. The molecule has 17 heavy (non-hydrogen) atoms. The topological polar surface area (TPSA) is 23.5 Å². The van der Waals surface area contributed by atoms with E-state index in [1.807, 2.05) is 0 Å². The summed E-state index contributed by atoms with van der Waals surface area (Å²) in [4.78, 5) is 2.18. The van der Waals surface area contributed by atoms with Gasteiger partial charge in [-0.2, -0.15) is 0 Å². The number of hydrogen-bond acceptors (Lipinski definition) is 2. The van der Waals surface area contributed by atoms with E-state index >= 15 is 0 Å². The summed E-state index contributed by atoms with van der Waals surface area (Å²) in [6.07, 6.45) is 2.66. The van der Waals surface area contributed by atoms with Gasteiger partial charge in [-0.3, -0.25) is 4.90 Å². The van der Waals surface area contributed by atoms with Crippen LogP contribution in [0.3, 0.4) is 0 Å². The Labute approximate surface area is 99.9 Å². The van der Waals surface area contributed by atoms with Crippen LogP contribution in [0.4, 0.5) is 8.78 Å². The quantitative estimate of drug-likeness (QED) is 0.875. The van der Waals surface area contributed by atoms with Crippen molar-refractivity contribution in [2.75, 3.05) is 19.7 Å². The molecule has 1 fully saturated rings. The minimum absolute atomic E-state index is 0.0896. The molecule has 0 unspecified atom stereocenters. The third-order valence-corrected chi connectivity index (χ3v) is 3.24. The molecule has 1 saturated heterocycles. The number of aliphatic hydroxyl groups excluding tert-OH is 1. The average molecular weight is 241 g/mol. The molecule has 94 valence electrons.